The summed E-state index contributed by atoms with van der Waals surface area (Å²) >= 11 is 1.66. The molecule has 0 aliphatic heterocycles. The van der Waals surface area contributed by atoms with Gasteiger partial charge < -0.3 is 5.32 Å². The maximum Gasteiger partial charge on any atom is 0.255 e. The van der Waals surface area contributed by atoms with E-state index in [0.29, 0.717) is 5.56 Å². The Morgan fingerprint density at radius 1 is 0.774 bits per heavy atom. The molecule has 150 valence electrons. The number of aromatic nitrogens is 1. The van der Waals surface area contributed by atoms with Gasteiger partial charge in [0.05, 0.1) is 10.2 Å². The van der Waals surface area contributed by atoms with E-state index in [1.807, 2.05) is 79.7 Å². The Balaban J connectivity index is 1.40. The van der Waals surface area contributed by atoms with E-state index in [1.54, 1.807) is 11.3 Å². The first kappa shape index (κ1) is 19.2. The number of thiazole rings is 1. The number of fused-ring (bicyclic) bond motifs is 1. The van der Waals surface area contributed by atoms with Crippen LogP contribution in [0.25, 0.3) is 31.9 Å². The van der Waals surface area contributed by atoms with Gasteiger partial charge in [-0.05, 0) is 53.9 Å². The lowest BCUT2D eigenvalue weighted by Crippen LogP contribution is -2.12. The zero-order valence-electron chi connectivity index (χ0n) is 17.0. The highest BCUT2D eigenvalue weighted by Crippen LogP contribution is 2.34. The maximum atomic E-state index is 12.9. The number of nitrogens with one attached hydrogen (secondary N) is 1. The Bertz CT molecular complexity index is 1340. The predicted octanol–water partition coefficient (Wildman–Crippen LogP) is 7.19. The average Bonchev–Trinajstić information content (AvgIpc) is 3.25. The van der Waals surface area contributed by atoms with Crippen LogP contribution in [0.3, 0.4) is 0 Å². The molecule has 4 aromatic carbocycles. The second kappa shape index (κ2) is 8.17. The molecule has 0 aliphatic carbocycles. The first-order chi connectivity index (χ1) is 15.2. The minimum atomic E-state index is -0.121. The van der Waals surface area contributed by atoms with Crippen molar-refractivity contribution in [3.63, 3.8) is 0 Å². The monoisotopic (exact) mass is 420 g/mol. The van der Waals surface area contributed by atoms with Crippen molar-refractivity contribution in [1.82, 2.24) is 4.98 Å². The molecule has 1 heterocycles. The summed E-state index contributed by atoms with van der Waals surface area (Å²) in [5.74, 6) is -0.121. The Kier molecular flexibility index (Phi) is 5.06. The van der Waals surface area contributed by atoms with Crippen molar-refractivity contribution in [3.05, 3.63) is 108 Å². The summed E-state index contributed by atoms with van der Waals surface area (Å²) in [5.41, 5.74) is 6.70. The molecule has 0 saturated carbocycles. The highest BCUT2D eigenvalue weighted by atomic mass is 32.1. The molecule has 1 aromatic heterocycles. The van der Waals surface area contributed by atoms with Gasteiger partial charge in [0.2, 0.25) is 0 Å². The number of anilines is 1. The molecule has 4 heteroatoms. The highest BCUT2D eigenvalue weighted by molar-refractivity contribution is 7.21. The van der Waals surface area contributed by atoms with Crippen LogP contribution in [-0.4, -0.2) is 10.9 Å². The van der Waals surface area contributed by atoms with E-state index >= 15 is 0 Å². The third-order valence-corrected chi connectivity index (χ3v) is 6.43. The zero-order valence-corrected chi connectivity index (χ0v) is 17.8. The van der Waals surface area contributed by atoms with Gasteiger partial charge >= 0.3 is 0 Å². The minimum Gasteiger partial charge on any atom is -0.322 e. The normalized spacial score (nSPS) is 10.9. The van der Waals surface area contributed by atoms with Crippen LogP contribution in [-0.2, 0) is 0 Å². The van der Waals surface area contributed by atoms with Gasteiger partial charge in [0.25, 0.3) is 5.91 Å². The summed E-state index contributed by atoms with van der Waals surface area (Å²) in [5, 5.41) is 4.03. The smallest absolute Gasteiger partial charge is 0.255 e. The van der Waals surface area contributed by atoms with E-state index in [-0.39, 0.29) is 5.91 Å². The maximum absolute atomic E-state index is 12.9. The fourth-order valence-corrected chi connectivity index (χ4v) is 4.68. The van der Waals surface area contributed by atoms with E-state index in [9.17, 15) is 4.79 Å². The van der Waals surface area contributed by atoms with Gasteiger partial charge in [-0.1, -0.05) is 66.7 Å². The number of amides is 1. The van der Waals surface area contributed by atoms with Crippen LogP contribution in [0.5, 0.6) is 0 Å². The summed E-state index contributed by atoms with van der Waals surface area (Å²) in [7, 11) is 0. The number of rotatable bonds is 4. The Morgan fingerprint density at radius 3 is 2.26 bits per heavy atom. The average molecular weight is 421 g/mol. The summed E-state index contributed by atoms with van der Waals surface area (Å²) in [6.07, 6.45) is 0. The number of benzene rings is 4. The Hall–Kier alpha value is -3.76. The van der Waals surface area contributed by atoms with Crippen LogP contribution in [0.4, 0.5) is 5.69 Å². The molecule has 5 rings (SSSR count). The van der Waals surface area contributed by atoms with Crippen molar-refractivity contribution in [2.75, 3.05) is 5.32 Å². The largest absolute Gasteiger partial charge is 0.322 e. The van der Waals surface area contributed by atoms with Crippen LogP contribution in [0.15, 0.2) is 97.1 Å². The second-order valence-electron chi connectivity index (χ2n) is 7.36. The molecule has 3 nitrogen and oxygen atoms in total. The minimum absolute atomic E-state index is 0.121. The molecule has 0 saturated heterocycles. The Labute approximate surface area is 185 Å². The van der Waals surface area contributed by atoms with E-state index in [0.717, 1.165) is 43.2 Å². The van der Waals surface area contributed by atoms with Gasteiger partial charge in [0.1, 0.15) is 5.01 Å². The van der Waals surface area contributed by atoms with Crippen molar-refractivity contribution >= 4 is 33.1 Å². The fourth-order valence-electron chi connectivity index (χ4n) is 3.63. The highest BCUT2D eigenvalue weighted by Gasteiger charge is 2.13. The van der Waals surface area contributed by atoms with E-state index < -0.39 is 0 Å². The SMILES string of the molecule is Cc1c(NC(=O)c2ccc(-c3ccccc3)cc2)cccc1-c1nc2ccccc2s1. The van der Waals surface area contributed by atoms with Crippen LogP contribution >= 0.6 is 11.3 Å². The quantitative estimate of drug-likeness (QED) is 0.334. The van der Waals surface area contributed by atoms with Gasteiger partial charge in [-0.25, -0.2) is 4.98 Å². The lowest BCUT2D eigenvalue weighted by Gasteiger charge is -2.12. The van der Waals surface area contributed by atoms with Crippen LogP contribution < -0.4 is 5.32 Å². The van der Waals surface area contributed by atoms with Crippen LogP contribution in [0, 0.1) is 6.92 Å². The number of carbonyl (C=O) groups excluding carboxylic acids is 1. The number of hydrogen-bond acceptors (Lipinski definition) is 3. The fraction of sp³-hybridized carbons (Fsp3) is 0.0370. The first-order valence-electron chi connectivity index (χ1n) is 10.1. The molecule has 0 unspecified atom stereocenters. The third-order valence-electron chi connectivity index (χ3n) is 5.36. The van der Waals surface area contributed by atoms with E-state index in [1.165, 1.54) is 0 Å². The second-order valence-corrected chi connectivity index (χ2v) is 8.39. The number of hydrogen-bond donors (Lipinski definition) is 1. The lowest BCUT2D eigenvalue weighted by molar-refractivity contribution is 0.102. The molecule has 31 heavy (non-hydrogen) atoms. The Morgan fingerprint density at radius 2 is 1.48 bits per heavy atom. The molecular formula is C27H20N2OS. The molecule has 0 spiro atoms. The van der Waals surface area contributed by atoms with Gasteiger partial charge in [0.15, 0.2) is 0 Å². The van der Waals surface area contributed by atoms with Crippen LogP contribution in [0.1, 0.15) is 15.9 Å². The molecule has 5 aromatic rings. The lowest BCUT2D eigenvalue weighted by atomic mass is 10.0. The molecule has 0 atom stereocenters. The van der Waals surface area contributed by atoms with Gasteiger partial charge in [-0.2, -0.15) is 0 Å². The molecule has 0 bridgehead atoms. The molecular weight excluding hydrogens is 400 g/mol. The van der Waals surface area contributed by atoms with Crippen LogP contribution in [0.2, 0.25) is 0 Å². The zero-order chi connectivity index (χ0) is 21.2. The first-order valence-corrected chi connectivity index (χ1v) is 10.9. The molecule has 0 fully saturated rings. The summed E-state index contributed by atoms with van der Waals surface area (Å²) in [4.78, 5) is 17.6. The van der Waals surface area contributed by atoms with Gasteiger partial charge in [-0.3, -0.25) is 4.79 Å². The topological polar surface area (TPSA) is 42.0 Å². The predicted molar refractivity (Wildman–Crippen MR) is 130 cm³/mol. The number of carbonyl (C=O) groups is 1. The van der Waals surface area contributed by atoms with Crippen molar-refractivity contribution < 1.29 is 4.79 Å². The van der Waals surface area contributed by atoms with Crippen molar-refractivity contribution in [1.29, 1.82) is 0 Å². The van der Waals surface area contributed by atoms with Gasteiger partial charge in [0, 0.05) is 16.8 Å². The number of para-hydroxylation sites is 1. The molecule has 1 N–H and O–H groups in total. The summed E-state index contributed by atoms with van der Waals surface area (Å²) in [6.45, 7) is 2.02. The summed E-state index contributed by atoms with van der Waals surface area (Å²) < 4.78 is 1.16. The van der Waals surface area contributed by atoms with Crippen molar-refractivity contribution in [2.24, 2.45) is 0 Å². The molecule has 1 amide bonds. The van der Waals surface area contributed by atoms with E-state index in [2.05, 4.69) is 29.6 Å². The molecule has 0 aliphatic rings. The van der Waals surface area contributed by atoms with Crippen molar-refractivity contribution in [2.45, 2.75) is 6.92 Å². The van der Waals surface area contributed by atoms with E-state index in [4.69, 9.17) is 4.98 Å². The third kappa shape index (κ3) is 3.86. The van der Waals surface area contributed by atoms with Crippen molar-refractivity contribution in [3.8, 4) is 21.7 Å². The number of nitrogens with zero attached hydrogens (tertiary/aromatic N) is 1. The molecule has 0 radical (unpaired) electrons. The summed E-state index contributed by atoms with van der Waals surface area (Å²) in [6, 6.07) is 31.9. The standard InChI is InChI=1S/C27H20N2OS/c1-18-22(27-29-24-11-5-6-13-25(24)31-27)10-7-12-23(18)28-26(30)21-16-14-20(15-17-21)19-8-3-2-4-9-19/h2-17H,1H3,(H,28,30). The van der Waals surface area contributed by atoms with Gasteiger partial charge in [-0.15, -0.1) is 11.3 Å².